The summed E-state index contributed by atoms with van der Waals surface area (Å²) < 4.78 is 6.25. The summed E-state index contributed by atoms with van der Waals surface area (Å²) in [5, 5.41) is 10.00. The van der Waals surface area contributed by atoms with Crippen LogP contribution in [0, 0.1) is 18.3 Å². The molecule has 4 nitrogen and oxygen atoms in total. The van der Waals surface area contributed by atoms with Gasteiger partial charge in [-0.25, -0.2) is 4.98 Å². The third-order valence-corrected chi connectivity index (χ3v) is 9.72. The maximum Gasteiger partial charge on any atom is 0.192 e. The van der Waals surface area contributed by atoms with Gasteiger partial charge in [0.25, 0.3) is 0 Å². The van der Waals surface area contributed by atoms with Crippen molar-refractivity contribution in [1.82, 2.24) is 4.98 Å². The second kappa shape index (κ2) is 6.90. The smallest absolute Gasteiger partial charge is 0.192 e. The Morgan fingerprint density at radius 3 is 2.48 bits per heavy atom. The van der Waals surface area contributed by atoms with Crippen LogP contribution in [0.2, 0.25) is 18.1 Å². The van der Waals surface area contributed by atoms with E-state index >= 15 is 0 Å². The Hall–Kier alpha value is -0.903. The molecule has 0 aliphatic heterocycles. The molecule has 0 amide bonds. The van der Waals surface area contributed by atoms with Crippen molar-refractivity contribution >= 4 is 24.8 Å². The third kappa shape index (κ3) is 4.53. The molecule has 0 aromatic carbocycles. The monoisotopic (exact) mass is 325 g/mol. The Morgan fingerprint density at radius 1 is 1.38 bits per heavy atom. The summed E-state index contributed by atoms with van der Waals surface area (Å²) in [7, 11) is -1.75. The van der Waals surface area contributed by atoms with Crippen molar-refractivity contribution in [2.75, 3.05) is 18.0 Å². The Kier molecular flexibility index (Phi) is 5.97. The zero-order valence-corrected chi connectivity index (χ0v) is 16.1. The molecule has 1 rings (SSSR count). The Balaban J connectivity index is 2.83. The molecule has 0 unspecified atom stereocenters. The largest absolute Gasteiger partial charge is 0.411 e. The highest BCUT2D eigenvalue weighted by molar-refractivity contribution is 7.15. The van der Waals surface area contributed by atoms with Crippen LogP contribution in [0.5, 0.6) is 0 Å². The molecule has 0 bridgehead atoms. The molecule has 0 N–H and O–H groups in total. The third-order valence-electron chi connectivity index (χ3n) is 4.17. The van der Waals surface area contributed by atoms with Crippen LogP contribution in [0.3, 0.4) is 0 Å². The van der Waals surface area contributed by atoms with Gasteiger partial charge in [0.05, 0.1) is 18.4 Å². The van der Waals surface area contributed by atoms with Crippen molar-refractivity contribution in [3.8, 4) is 6.07 Å². The van der Waals surface area contributed by atoms with Gasteiger partial charge < -0.3 is 9.33 Å². The minimum Gasteiger partial charge on any atom is -0.411 e. The van der Waals surface area contributed by atoms with Crippen molar-refractivity contribution < 1.29 is 4.43 Å². The summed E-state index contributed by atoms with van der Waals surface area (Å²) in [5.41, 5.74) is 1.01. The van der Waals surface area contributed by atoms with E-state index in [4.69, 9.17) is 9.69 Å². The van der Waals surface area contributed by atoms with Crippen LogP contribution in [0.15, 0.2) is 0 Å². The summed E-state index contributed by atoms with van der Waals surface area (Å²) in [6, 6.07) is 2.19. The first kappa shape index (κ1) is 18.1. The van der Waals surface area contributed by atoms with E-state index in [9.17, 15) is 0 Å². The first-order valence-corrected chi connectivity index (χ1v) is 11.1. The van der Waals surface area contributed by atoms with E-state index in [0.717, 1.165) is 17.4 Å². The number of anilines is 1. The predicted octanol–water partition coefficient (Wildman–Crippen LogP) is 4.32. The molecule has 1 aromatic rings. The summed E-state index contributed by atoms with van der Waals surface area (Å²) in [6.07, 6.45) is 0. The highest BCUT2D eigenvalue weighted by Gasteiger charge is 2.37. The molecule has 0 radical (unpaired) electrons. The first-order chi connectivity index (χ1) is 9.62. The van der Waals surface area contributed by atoms with Gasteiger partial charge in [0.1, 0.15) is 6.54 Å². The maximum atomic E-state index is 8.87. The number of rotatable bonds is 6. The number of aryl methyl sites for hydroxylation is 1. The van der Waals surface area contributed by atoms with Crippen LogP contribution < -0.4 is 4.90 Å². The van der Waals surface area contributed by atoms with Gasteiger partial charge in [-0.1, -0.05) is 20.8 Å². The summed E-state index contributed by atoms with van der Waals surface area (Å²) in [6.45, 7) is 17.1. The lowest BCUT2D eigenvalue weighted by molar-refractivity contribution is 0.272. The molecule has 0 saturated carbocycles. The summed E-state index contributed by atoms with van der Waals surface area (Å²) in [4.78, 5) is 7.85. The summed E-state index contributed by atoms with van der Waals surface area (Å²) >= 11 is 1.64. The number of nitrogens with zero attached hydrogens (tertiary/aromatic N) is 3. The van der Waals surface area contributed by atoms with Crippen LogP contribution in [0.4, 0.5) is 5.13 Å². The van der Waals surface area contributed by atoms with Gasteiger partial charge in [-0.2, -0.15) is 5.26 Å². The number of hydrogen-bond donors (Lipinski definition) is 0. The topological polar surface area (TPSA) is 49.2 Å². The molecule has 0 spiro atoms. The molecule has 1 heterocycles. The minimum atomic E-state index is -1.75. The first-order valence-electron chi connectivity index (χ1n) is 7.34. The number of thiazole rings is 1. The van der Waals surface area contributed by atoms with E-state index in [2.05, 4.69) is 51.8 Å². The van der Waals surface area contributed by atoms with E-state index in [0.29, 0.717) is 13.2 Å². The fraction of sp³-hybridized carbons (Fsp3) is 0.733. The SMILES string of the molecule is CCN(CC#N)c1nc(CO[Si](C)(C)C(C)(C)C)c(C)s1. The lowest BCUT2D eigenvalue weighted by Crippen LogP contribution is -2.40. The fourth-order valence-corrected chi connectivity index (χ4v) is 3.45. The van der Waals surface area contributed by atoms with Crippen LogP contribution in [0.1, 0.15) is 38.3 Å². The molecule has 0 fully saturated rings. The Labute approximate surface area is 133 Å². The van der Waals surface area contributed by atoms with Gasteiger partial charge in [-0.05, 0) is 32.0 Å². The average Bonchev–Trinajstić information content (AvgIpc) is 2.73. The molecular formula is C15H27N3OSSi. The van der Waals surface area contributed by atoms with E-state index in [1.165, 1.54) is 4.88 Å². The zero-order chi connectivity index (χ0) is 16.3. The van der Waals surface area contributed by atoms with Crippen LogP contribution in [0.25, 0.3) is 0 Å². The molecular weight excluding hydrogens is 298 g/mol. The van der Waals surface area contributed by atoms with E-state index in [1.807, 2.05) is 11.8 Å². The van der Waals surface area contributed by atoms with Gasteiger partial charge in [0, 0.05) is 11.4 Å². The lowest BCUT2D eigenvalue weighted by atomic mass is 10.2. The molecule has 0 saturated heterocycles. The standard InChI is InChI=1S/C15H27N3OSSi/c1-8-18(10-9-16)14-17-13(12(2)20-14)11-19-21(6,7)15(3,4)5/h8,10-11H2,1-7H3. The molecule has 0 aliphatic carbocycles. The highest BCUT2D eigenvalue weighted by atomic mass is 32.1. The van der Waals surface area contributed by atoms with Crippen molar-refractivity contribution in [3.63, 3.8) is 0 Å². The van der Waals surface area contributed by atoms with Gasteiger partial charge in [-0.3, -0.25) is 0 Å². The van der Waals surface area contributed by atoms with Gasteiger partial charge in [0.15, 0.2) is 13.4 Å². The van der Waals surface area contributed by atoms with Crippen LogP contribution >= 0.6 is 11.3 Å². The maximum absolute atomic E-state index is 8.87. The molecule has 0 atom stereocenters. The van der Waals surface area contributed by atoms with E-state index in [-0.39, 0.29) is 5.04 Å². The highest BCUT2D eigenvalue weighted by Crippen LogP contribution is 2.37. The van der Waals surface area contributed by atoms with Gasteiger partial charge >= 0.3 is 0 Å². The Bertz CT molecular complexity index is 514. The second-order valence-corrected chi connectivity index (χ2v) is 12.7. The van der Waals surface area contributed by atoms with Gasteiger partial charge in [-0.15, -0.1) is 11.3 Å². The number of aromatic nitrogens is 1. The van der Waals surface area contributed by atoms with Crippen molar-refractivity contribution in [1.29, 1.82) is 5.26 Å². The van der Waals surface area contributed by atoms with Crippen LogP contribution in [-0.2, 0) is 11.0 Å². The van der Waals surface area contributed by atoms with Gasteiger partial charge in [0.2, 0.25) is 0 Å². The minimum absolute atomic E-state index is 0.204. The molecule has 118 valence electrons. The van der Waals surface area contributed by atoms with Crippen molar-refractivity contribution in [2.45, 2.75) is 59.4 Å². The lowest BCUT2D eigenvalue weighted by Gasteiger charge is -2.36. The molecule has 6 heteroatoms. The normalized spacial score (nSPS) is 12.3. The quantitative estimate of drug-likeness (QED) is 0.577. The summed E-state index contributed by atoms with van der Waals surface area (Å²) in [5.74, 6) is 0. The van der Waals surface area contributed by atoms with E-state index < -0.39 is 8.32 Å². The average molecular weight is 326 g/mol. The number of hydrogen-bond acceptors (Lipinski definition) is 5. The van der Waals surface area contributed by atoms with Crippen LogP contribution in [-0.4, -0.2) is 26.4 Å². The predicted molar refractivity (Wildman–Crippen MR) is 92.3 cm³/mol. The van der Waals surface area contributed by atoms with Crippen molar-refractivity contribution in [3.05, 3.63) is 10.6 Å². The molecule has 21 heavy (non-hydrogen) atoms. The van der Waals surface area contributed by atoms with Crippen molar-refractivity contribution in [2.24, 2.45) is 0 Å². The Morgan fingerprint density at radius 2 is 2.00 bits per heavy atom. The fourth-order valence-electron chi connectivity index (χ4n) is 1.55. The zero-order valence-electron chi connectivity index (χ0n) is 14.3. The number of nitriles is 1. The molecule has 0 aliphatic rings. The molecule has 1 aromatic heterocycles. The van der Waals surface area contributed by atoms with E-state index in [1.54, 1.807) is 11.3 Å². The second-order valence-electron chi connectivity index (χ2n) is 6.72.